The molecule has 1 fully saturated rings. The quantitative estimate of drug-likeness (QED) is 0.0962. The Hall–Kier alpha value is -3.53. The first kappa shape index (κ1) is 40.1. The number of phosphoric ester groups is 2. The van der Waals surface area contributed by atoms with Crippen LogP contribution in [-0.2, 0) is 53.6 Å². The summed E-state index contributed by atoms with van der Waals surface area (Å²) in [6.07, 6.45) is -8.78. The van der Waals surface area contributed by atoms with Crippen LogP contribution in [0.4, 0.5) is 18.0 Å². The lowest BCUT2D eigenvalue weighted by Gasteiger charge is -2.37. The average Bonchev–Trinajstić information content (AvgIpc) is 3.55. The first-order valence-electron chi connectivity index (χ1n) is 15.1. The lowest BCUT2D eigenvalue weighted by molar-refractivity contribution is -0.354. The number of phosphoric acid groups is 3. The highest BCUT2D eigenvalue weighted by molar-refractivity contribution is 7.66. The summed E-state index contributed by atoms with van der Waals surface area (Å²) in [4.78, 5) is 43.2. The first-order chi connectivity index (χ1) is 25.0. The van der Waals surface area contributed by atoms with Crippen LogP contribution in [0.15, 0.2) is 84.6 Å². The molecule has 0 bridgehead atoms. The van der Waals surface area contributed by atoms with Gasteiger partial charge in [0.25, 0.3) is 11.6 Å². The van der Waals surface area contributed by atoms with Gasteiger partial charge in [-0.3, -0.25) is 19.3 Å². The minimum Gasteiger partial charge on any atom is -0.466 e. The molecule has 292 valence electrons. The minimum atomic E-state index is -5.99. The van der Waals surface area contributed by atoms with Gasteiger partial charge in [0.15, 0.2) is 6.23 Å². The third-order valence-electron chi connectivity index (χ3n) is 7.99. The van der Waals surface area contributed by atoms with E-state index in [1.165, 1.54) is 18.2 Å². The molecule has 0 spiro atoms. The summed E-state index contributed by atoms with van der Waals surface area (Å²) in [6.45, 7) is -2.18. The van der Waals surface area contributed by atoms with Crippen LogP contribution in [0.5, 0.6) is 0 Å². The zero-order valence-electron chi connectivity index (χ0n) is 26.8. The van der Waals surface area contributed by atoms with Gasteiger partial charge in [0.05, 0.1) is 18.8 Å². The molecule has 3 aliphatic rings. The van der Waals surface area contributed by atoms with Gasteiger partial charge in [0.1, 0.15) is 11.9 Å². The maximum absolute atomic E-state index is 13.2. The number of alkyl halides is 3. The van der Waals surface area contributed by atoms with Crippen molar-refractivity contribution in [2.75, 3.05) is 6.61 Å². The summed E-state index contributed by atoms with van der Waals surface area (Å²) in [5, 5.41) is 46.2. The Kier molecular flexibility index (Phi) is 10.6. The van der Waals surface area contributed by atoms with Crippen LogP contribution in [0.2, 0.25) is 0 Å². The number of carbonyl (C=O) groups is 1. The van der Waals surface area contributed by atoms with Gasteiger partial charge in [-0.1, -0.05) is 48.5 Å². The number of amides is 2. The van der Waals surface area contributed by atoms with E-state index in [2.05, 4.69) is 23.0 Å². The van der Waals surface area contributed by atoms with Crippen molar-refractivity contribution < 1.29 is 93.9 Å². The highest BCUT2D eigenvalue weighted by atomic mass is 31.3. The van der Waals surface area contributed by atoms with Gasteiger partial charge < -0.3 is 44.6 Å². The molecule has 2 amide bonds. The number of nitrogens with one attached hydrogen (secondary N) is 1. The fraction of sp³-hybridized carbons (Fsp3) is 0.276. The van der Waals surface area contributed by atoms with Crippen LogP contribution in [0.3, 0.4) is 0 Å². The smallest absolute Gasteiger partial charge is 0.466 e. The van der Waals surface area contributed by atoms with Gasteiger partial charge in [0, 0.05) is 17.3 Å². The van der Waals surface area contributed by atoms with Gasteiger partial charge in [-0.25, -0.2) is 18.5 Å². The zero-order valence-corrected chi connectivity index (χ0v) is 29.5. The second-order valence-corrected chi connectivity index (χ2v) is 16.5. The van der Waals surface area contributed by atoms with Crippen molar-refractivity contribution in [2.45, 2.75) is 42.9 Å². The van der Waals surface area contributed by atoms with E-state index < -0.39 is 84.6 Å². The van der Waals surface area contributed by atoms with E-state index in [0.29, 0.717) is 10.5 Å². The largest absolute Gasteiger partial charge is 0.490 e. The third-order valence-corrected chi connectivity index (χ3v) is 12.2. The molecule has 0 radical (unpaired) electrons. The molecule has 1 saturated heterocycles. The van der Waals surface area contributed by atoms with Crippen molar-refractivity contribution in [1.82, 2.24) is 10.2 Å². The number of hydrogen-bond acceptors (Lipinski definition) is 14. The van der Waals surface area contributed by atoms with Crippen LogP contribution in [0.25, 0.3) is 16.5 Å². The predicted octanol–water partition coefficient (Wildman–Crippen LogP) is 3.12. The van der Waals surface area contributed by atoms with E-state index in [9.17, 15) is 66.8 Å². The normalized spacial score (nSPS) is 25.4. The molecule has 6 rings (SSSR count). The number of fused-ring (bicyclic) bond motifs is 2. The van der Waals surface area contributed by atoms with Crippen LogP contribution in [0, 0.1) is 0 Å². The molecule has 6 atom stereocenters. The van der Waals surface area contributed by atoms with E-state index >= 15 is 0 Å². The van der Waals surface area contributed by atoms with Gasteiger partial charge in [-0.05, 0) is 40.6 Å². The molecule has 8 N–H and O–H groups in total. The SMILES string of the molecule is O=C1NC2OC(c3cccc(C(F)(F)F)c3)=CC2=CN1[C@@H]1O[C@H](COP(=O)(O)OP(=O)(O)OP(=O)(O)OCc2ccc3ccccc3c2)C(O)(O)C1(O)O. The molecular formula is C29H28F3N2O17P3. The highest BCUT2D eigenvalue weighted by Crippen LogP contribution is 2.68. The predicted molar refractivity (Wildman–Crippen MR) is 172 cm³/mol. The molecular weight excluding hydrogens is 798 g/mol. The molecule has 3 aromatic rings. The van der Waals surface area contributed by atoms with Crippen LogP contribution >= 0.6 is 23.5 Å². The summed E-state index contributed by atoms with van der Waals surface area (Å²) in [5.74, 6) is -7.76. The van der Waals surface area contributed by atoms with Gasteiger partial charge in [0.2, 0.25) is 6.23 Å². The fourth-order valence-electron chi connectivity index (χ4n) is 5.40. The number of hydrogen-bond donors (Lipinski definition) is 8. The number of benzene rings is 3. The molecule has 3 heterocycles. The molecule has 0 saturated carbocycles. The number of urea groups is 1. The molecule has 19 nitrogen and oxygen atoms in total. The lowest BCUT2D eigenvalue weighted by atomic mass is 10.0. The molecule has 4 unspecified atom stereocenters. The Balaban J connectivity index is 1.09. The van der Waals surface area contributed by atoms with Crippen molar-refractivity contribution in [1.29, 1.82) is 0 Å². The topological polar surface area (TPSA) is 281 Å². The number of aliphatic hydroxyl groups is 4. The average molecular weight is 826 g/mol. The Labute approximate surface area is 300 Å². The summed E-state index contributed by atoms with van der Waals surface area (Å²) in [7, 11) is -17.3. The third kappa shape index (κ3) is 8.48. The lowest BCUT2D eigenvalue weighted by Crippen LogP contribution is -2.64. The summed E-state index contributed by atoms with van der Waals surface area (Å²) in [6, 6.07) is 14.6. The second-order valence-electron chi connectivity index (χ2n) is 11.8. The maximum Gasteiger partial charge on any atom is 0.490 e. The Morgan fingerprint density at radius 1 is 0.833 bits per heavy atom. The monoisotopic (exact) mass is 826 g/mol. The zero-order chi connectivity index (χ0) is 39.5. The summed E-state index contributed by atoms with van der Waals surface area (Å²) in [5.41, 5.74) is -0.696. The summed E-state index contributed by atoms with van der Waals surface area (Å²) >= 11 is 0. The maximum atomic E-state index is 13.2. The fourth-order valence-corrected chi connectivity index (χ4v) is 8.89. The molecule has 3 aromatic carbocycles. The minimum absolute atomic E-state index is 0.0111. The number of nitrogens with zero attached hydrogens (tertiary/aromatic N) is 1. The van der Waals surface area contributed by atoms with Crippen LogP contribution < -0.4 is 5.32 Å². The van der Waals surface area contributed by atoms with Crippen molar-refractivity contribution >= 4 is 46.0 Å². The van der Waals surface area contributed by atoms with E-state index in [4.69, 9.17) is 9.47 Å². The van der Waals surface area contributed by atoms with Crippen molar-refractivity contribution in [2.24, 2.45) is 0 Å². The van der Waals surface area contributed by atoms with E-state index in [1.807, 2.05) is 0 Å². The van der Waals surface area contributed by atoms with Gasteiger partial charge in [-0.15, -0.1) is 0 Å². The number of halogens is 3. The standard InChI is InChI=1S/C29H28F3N2O17P3/c30-29(31,32)21-7-3-6-19(11-21)22-12-20-13-34(26(35)33-24(20)48-22)25-28(38,39)27(36,37)23(49-25)15-47-53(42,43)51-54(44,45)50-52(40,41)46-14-16-8-9-17-4-1-2-5-18(17)10-16/h1-13,23-25,36-39H,14-15H2,(H,33,35)(H,40,41)(H,42,43)(H,44,45)/t23-,24?,25-/m1/s1. The number of rotatable bonds is 12. The summed E-state index contributed by atoms with van der Waals surface area (Å²) < 4.78 is 105. The van der Waals surface area contributed by atoms with Crippen LogP contribution in [-0.4, -0.2) is 82.8 Å². The van der Waals surface area contributed by atoms with Gasteiger partial charge >= 0.3 is 35.7 Å². The first-order valence-corrected chi connectivity index (χ1v) is 19.5. The Morgan fingerprint density at radius 3 is 2.19 bits per heavy atom. The van der Waals surface area contributed by atoms with Crippen molar-refractivity contribution in [3.63, 3.8) is 0 Å². The molecule has 25 heteroatoms. The van der Waals surface area contributed by atoms with E-state index in [1.54, 1.807) is 36.4 Å². The van der Waals surface area contributed by atoms with Crippen LogP contribution in [0.1, 0.15) is 16.7 Å². The molecule has 0 aromatic heterocycles. The van der Waals surface area contributed by atoms with Crippen molar-refractivity contribution in [3.05, 3.63) is 101 Å². The Morgan fingerprint density at radius 2 is 1.50 bits per heavy atom. The Bertz CT molecular complexity index is 2180. The molecule has 54 heavy (non-hydrogen) atoms. The highest BCUT2D eigenvalue weighted by Gasteiger charge is 2.68. The molecule has 0 aliphatic carbocycles. The number of carbonyl (C=O) groups excluding carboxylic acids is 1. The van der Waals surface area contributed by atoms with Gasteiger partial charge in [-0.2, -0.15) is 21.8 Å². The van der Waals surface area contributed by atoms with E-state index in [0.717, 1.165) is 35.2 Å². The van der Waals surface area contributed by atoms with E-state index in [-0.39, 0.29) is 16.9 Å². The second kappa shape index (κ2) is 14.2. The molecule has 3 aliphatic heterocycles. The number of ether oxygens (including phenoxy) is 2. The van der Waals surface area contributed by atoms with Crippen molar-refractivity contribution in [3.8, 4) is 0 Å².